The highest BCUT2D eigenvalue weighted by Crippen LogP contribution is 2.22. The van der Waals surface area contributed by atoms with Crippen LogP contribution in [0.1, 0.15) is 5.56 Å². The number of aromatic nitrogens is 2. The van der Waals surface area contributed by atoms with Gasteiger partial charge in [0.25, 0.3) is 0 Å². The third kappa shape index (κ3) is 3.30. The molecule has 0 spiro atoms. The highest BCUT2D eigenvalue weighted by Gasteiger charge is 2.05. The van der Waals surface area contributed by atoms with Gasteiger partial charge in [-0.2, -0.15) is 5.10 Å². The highest BCUT2D eigenvalue weighted by atomic mass is 35.5. The van der Waals surface area contributed by atoms with Crippen molar-refractivity contribution >= 4 is 57.9 Å². The van der Waals surface area contributed by atoms with Gasteiger partial charge in [-0.25, -0.2) is 9.97 Å². The molecule has 0 atom stereocenters. The SMILES string of the molecule is Clc1ccc(/C=N/Nc2nc3ccccc3nc2Cl)cc1Cl. The van der Waals surface area contributed by atoms with Crippen LogP contribution in [-0.4, -0.2) is 16.2 Å². The van der Waals surface area contributed by atoms with Crippen molar-refractivity contribution in [1.29, 1.82) is 0 Å². The fourth-order valence-corrected chi connectivity index (χ4v) is 2.29. The van der Waals surface area contributed by atoms with Gasteiger partial charge in [0.2, 0.25) is 0 Å². The molecule has 0 aliphatic carbocycles. The summed E-state index contributed by atoms with van der Waals surface area (Å²) >= 11 is 17.9. The van der Waals surface area contributed by atoms with E-state index in [1.165, 1.54) is 0 Å². The van der Waals surface area contributed by atoms with Gasteiger partial charge in [-0.1, -0.05) is 53.0 Å². The molecule has 1 N–H and O–H groups in total. The predicted molar refractivity (Wildman–Crippen MR) is 92.2 cm³/mol. The summed E-state index contributed by atoms with van der Waals surface area (Å²) in [5, 5.41) is 5.30. The van der Waals surface area contributed by atoms with Crippen LogP contribution in [0.15, 0.2) is 47.6 Å². The number of nitrogens with zero attached hydrogens (tertiary/aromatic N) is 3. The van der Waals surface area contributed by atoms with Crippen LogP contribution in [0.4, 0.5) is 5.82 Å². The molecule has 110 valence electrons. The molecular weight excluding hydrogens is 343 g/mol. The summed E-state index contributed by atoms with van der Waals surface area (Å²) in [7, 11) is 0. The van der Waals surface area contributed by atoms with Gasteiger partial charge in [-0.15, -0.1) is 0 Å². The maximum atomic E-state index is 6.08. The Morgan fingerprint density at radius 2 is 1.64 bits per heavy atom. The largest absolute Gasteiger partial charge is 0.259 e. The first-order valence-corrected chi connectivity index (χ1v) is 7.43. The molecule has 1 aromatic heterocycles. The topological polar surface area (TPSA) is 50.2 Å². The molecule has 0 aliphatic rings. The Hall–Kier alpha value is -1.88. The lowest BCUT2D eigenvalue weighted by atomic mass is 10.2. The summed E-state index contributed by atoms with van der Waals surface area (Å²) in [4.78, 5) is 8.63. The minimum Gasteiger partial charge on any atom is -0.259 e. The van der Waals surface area contributed by atoms with Gasteiger partial charge in [-0.3, -0.25) is 5.43 Å². The second-order valence-corrected chi connectivity index (χ2v) is 5.57. The van der Waals surface area contributed by atoms with Gasteiger partial charge in [-0.05, 0) is 29.8 Å². The number of halogens is 3. The number of hydrogen-bond acceptors (Lipinski definition) is 4. The molecule has 0 aliphatic heterocycles. The van der Waals surface area contributed by atoms with Crippen LogP contribution in [0.5, 0.6) is 0 Å². The Kier molecular flexibility index (Phi) is 4.43. The Morgan fingerprint density at radius 3 is 2.36 bits per heavy atom. The van der Waals surface area contributed by atoms with E-state index in [0.717, 1.165) is 16.6 Å². The van der Waals surface area contributed by atoms with E-state index in [9.17, 15) is 0 Å². The molecule has 22 heavy (non-hydrogen) atoms. The van der Waals surface area contributed by atoms with Crippen molar-refractivity contribution < 1.29 is 0 Å². The second kappa shape index (κ2) is 6.48. The van der Waals surface area contributed by atoms with Crippen LogP contribution in [0.25, 0.3) is 11.0 Å². The van der Waals surface area contributed by atoms with Crippen LogP contribution >= 0.6 is 34.8 Å². The minimum atomic E-state index is 0.255. The van der Waals surface area contributed by atoms with Crippen molar-refractivity contribution in [2.75, 3.05) is 5.43 Å². The second-order valence-electron chi connectivity index (χ2n) is 4.40. The van der Waals surface area contributed by atoms with E-state index in [1.54, 1.807) is 24.4 Å². The first-order valence-electron chi connectivity index (χ1n) is 6.30. The highest BCUT2D eigenvalue weighted by molar-refractivity contribution is 6.42. The Bertz CT molecular complexity index is 865. The Morgan fingerprint density at radius 1 is 0.909 bits per heavy atom. The molecule has 2 aromatic carbocycles. The zero-order valence-corrected chi connectivity index (χ0v) is 13.4. The van der Waals surface area contributed by atoms with Crippen molar-refractivity contribution in [2.45, 2.75) is 0 Å². The van der Waals surface area contributed by atoms with Crippen molar-refractivity contribution in [3.8, 4) is 0 Å². The van der Waals surface area contributed by atoms with Gasteiger partial charge in [0.1, 0.15) is 0 Å². The zero-order chi connectivity index (χ0) is 15.5. The van der Waals surface area contributed by atoms with Crippen molar-refractivity contribution in [1.82, 2.24) is 9.97 Å². The molecule has 0 saturated carbocycles. The van der Waals surface area contributed by atoms with Crippen molar-refractivity contribution in [3.05, 3.63) is 63.2 Å². The van der Waals surface area contributed by atoms with Gasteiger partial charge in [0.05, 0.1) is 27.3 Å². The molecule has 0 fully saturated rings. The van der Waals surface area contributed by atoms with E-state index in [0.29, 0.717) is 15.9 Å². The summed E-state index contributed by atoms with van der Waals surface area (Å²) in [6, 6.07) is 12.7. The molecule has 0 saturated heterocycles. The van der Waals surface area contributed by atoms with E-state index in [2.05, 4.69) is 20.5 Å². The number of para-hydroxylation sites is 2. The quantitative estimate of drug-likeness (QED) is 0.531. The molecule has 0 radical (unpaired) electrons. The third-order valence-electron chi connectivity index (χ3n) is 2.86. The fourth-order valence-electron chi connectivity index (χ4n) is 1.81. The first kappa shape index (κ1) is 15.0. The summed E-state index contributed by atoms with van der Waals surface area (Å²) < 4.78 is 0. The Balaban J connectivity index is 1.82. The van der Waals surface area contributed by atoms with Gasteiger partial charge >= 0.3 is 0 Å². The monoisotopic (exact) mass is 350 g/mol. The van der Waals surface area contributed by atoms with Gasteiger partial charge in [0, 0.05) is 0 Å². The first-order chi connectivity index (χ1) is 10.6. The average molecular weight is 352 g/mol. The van der Waals surface area contributed by atoms with Crippen LogP contribution in [0.3, 0.4) is 0 Å². The summed E-state index contributed by atoms with van der Waals surface area (Å²) in [6.07, 6.45) is 1.59. The van der Waals surface area contributed by atoms with E-state index in [1.807, 2.05) is 24.3 Å². The molecule has 0 amide bonds. The lowest BCUT2D eigenvalue weighted by molar-refractivity contribution is 1.22. The number of anilines is 1. The molecule has 4 nitrogen and oxygen atoms in total. The van der Waals surface area contributed by atoms with E-state index < -0.39 is 0 Å². The van der Waals surface area contributed by atoms with Crippen molar-refractivity contribution in [2.24, 2.45) is 5.10 Å². The summed E-state index contributed by atoms with van der Waals surface area (Å²) in [5.41, 5.74) is 5.04. The Labute approximate surface area is 141 Å². The van der Waals surface area contributed by atoms with Crippen LogP contribution in [-0.2, 0) is 0 Å². The van der Waals surface area contributed by atoms with Gasteiger partial charge in [0.15, 0.2) is 11.0 Å². The van der Waals surface area contributed by atoms with Crippen LogP contribution in [0, 0.1) is 0 Å². The summed E-state index contributed by atoms with van der Waals surface area (Å²) in [6.45, 7) is 0. The van der Waals surface area contributed by atoms with Crippen molar-refractivity contribution in [3.63, 3.8) is 0 Å². The molecule has 0 bridgehead atoms. The van der Waals surface area contributed by atoms with E-state index in [-0.39, 0.29) is 5.15 Å². The maximum absolute atomic E-state index is 6.08. The smallest absolute Gasteiger partial charge is 0.185 e. The lowest BCUT2D eigenvalue weighted by Gasteiger charge is -2.04. The average Bonchev–Trinajstić information content (AvgIpc) is 2.51. The fraction of sp³-hybridized carbons (Fsp3) is 0. The molecular formula is C15H9Cl3N4. The van der Waals surface area contributed by atoms with Crippen LogP contribution < -0.4 is 5.43 Å². The zero-order valence-electron chi connectivity index (χ0n) is 11.1. The maximum Gasteiger partial charge on any atom is 0.185 e. The molecule has 1 heterocycles. The lowest BCUT2D eigenvalue weighted by Crippen LogP contribution is -1.97. The minimum absolute atomic E-state index is 0.255. The molecule has 3 rings (SSSR count). The van der Waals surface area contributed by atoms with Crippen LogP contribution in [0.2, 0.25) is 15.2 Å². The number of benzene rings is 2. The number of hydrazone groups is 1. The number of fused-ring (bicyclic) bond motifs is 1. The molecule has 3 aromatic rings. The summed E-state index contributed by atoms with van der Waals surface area (Å²) in [5.74, 6) is 0.386. The number of hydrogen-bond donors (Lipinski definition) is 1. The predicted octanol–water partition coefficient (Wildman–Crippen LogP) is 5.04. The standard InChI is InChI=1S/C15H9Cl3N4/c16-10-6-5-9(7-11(10)17)8-19-22-15-14(18)20-12-3-1-2-4-13(12)21-15/h1-8H,(H,21,22)/b19-8+. The van der Waals surface area contributed by atoms with E-state index in [4.69, 9.17) is 34.8 Å². The molecule has 0 unspecified atom stereocenters. The van der Waals surface area contributed by atoms with E-state index >= 15 is 0 Å². The van der Waals surface area contributed by atoms with Gasteiger partial charge < -0.3 is 0 Å². The number of nitrogens with one attached hydrogen (secondary N) is 1. The third-order valence-corrected chi connectivity index (χ3v) is 3.86. The normalized spacial score (nSPS) is 11.2. The molecule has 7 heteroatoms. The number of rotatable bonds is 3.